The summed E-state index contributed by atoms with van der Waals surface area (Å²) in [5.41, 5.74) is 0. The number of allylic oxidation sites excluding steroid dienone is 11. The minimum atomic E-state index is -1.62. The molecule has 0 radical (unpaired) electrons. The lowest BCUT2D eigenvalue weighted by atomic mass is 9.87. The molecular formula is C41H66O6. The maximum absolute atomic E-state index is 13.0. The molecule has 2 atom stereocenters. The van der Waals surface area contributed by atoms with Crippen LogP contribution >= 0.6 is 0 Å². The quantitative estimate of drug-likeness (QED) is 0.0289. The van der Waals surface area contributed by atoms with Crippen molar-refractivity contribution in [3.63, 3.8) is 0 Å². The number of ketones is 3. The van der Waals surface area contributed by atoms with Crippen LogP contribution in [0.3, 0.4) is 0 Å². The molecule has 0 aromatic heterocycles. The lowest BCUT2D eigenvalue weighted by molar-refractivity contribution is -0.133. The van der Waals surface area contributed by atoms with Gasteiger partial charge in [0.15, 0.2) is 5.78 Å². The topological polar surface area (TPSA) is 112 Å². The Bertz CT molecular complexity index is 944. The lowest BCUT2D eigenvalue weighted by Gasteiger charge is -2.15. The molecule has 266 valence electrons. The SMILES string of the molecule is CCCCCCCC(=O)C(CCCCCCCCC=CC=CC=CC=CC=CC=CC(=O)C(O)C(O)CO)C(=O)CCCCCCC. The Hall–Kier alpha value is -2.67. The van der Waals surface area contributed by atoms with Gasteiger partial charge in [0.25, 0.3) is 0 Å². The van der Waals surface area contributed by atoms with E-state index in [4.69, 9.17) is 5.11 Å². The largest absolute Gasteiger partial charge is 0.394 e. The predicted octanol–water partition coefficient (Wildman–Crippen LogP) is 9.20. The van der Waals surface area contributed by atoms with Crippen molar-refractivity contribution in [1.82, 2.24) is 0 Å². The van der Waals surface area contributed by atoms with Crippen LogP contribution in [0.1, 0.15) is 142 Å². The predicted molar refractivity (Wildman–Crippen MR) is 196 cm³/mol. The fourth-order valence-electron chi connectivity index (χ4n) is 5.20. The standard InChI is InChI=1S/C41H66O6/c1-3-5-7-23-28-32-37(43)36(38(44)33-29-24-8-6-4-2)31-27-25-21-19-17-15-13-11-9-10-12-14-16-18-20-22-26-30-34-39(45)41(47)40(46)35-42/h9-12,14,16,18,20,22,26,30,34,36,40-42,46-47H,3-8,13,15,17,19,21,23-25,27-29,31-33,35H2,1-2H3. The van der Waals surface area contributed by atoms with Gasteiger partial charge in [-0.05, 0) is 38.2 Å². The van der Waals surface area contributed by atoms with Gasteiger partial charge in [-0.1, -0.05) is 164 Å². The van der Waals surface area contributed by atoms with Crippen LogP contribution in [0.2, 0.25) is 0 Å². The Morgan fingerprint density at radius 2 is 0.957 bits per heavy atom. The Morgan fingerprint density at radius 1 is 0.532 bits per heavy atom. The second kappa shape index (κ2) is 33.2. The van der Waals surface area contributed by atoms with Crippen LogP contribution in [-0.4, -0.2) is 51.5 Å². The first kappa shape index (κ1) is 44.3. The van der Waals surface area contributed by atoms with Gasteiger partial charge in [0.2, 0.25) is 0 Å². The molecule has 6 nitrogen and oxygen atoms in total. The van der Waals surface area contributed by atoms with E-state index in [1.54, 1.807) is 18.2 Å². The first-order chi connectivity index (χ1) is 22.9. The van der Waals surface area contributed by atoms with E-state index in [1.807, 2.05) is 30.4 Å². The van der Waals surface area contributed by atoms with E-state index in [0.717, 1.165) is 70.3 Å². The van der Waals surface area contributed by atoms with Crippen molar-refractivity contribution in [2.45, 2.75) is 154 Å². The van der Waals surface area contributed by atoms with Crippen LogP contribution in [0.15, 0.2) is 72.9 Å². The molecule has 0 saturated carbocycles. The van der Waals surface area contributed by atoms with Crippen molar-refractivity contribution in [3.8, 4) is 0 Å². The van der Waals surface area contributed by atoms with Crippen molar-refractivity contribution in [3.05, 3.63) is 72.9 Å². The van der Waals surface area contributed by atoms with Gasteiger partial charge in [0, 0.05) is 12.8 Å². The van der Waals surface area contributed by atoms with Crippen LogP contribution in [0.5, 0.6) is 0 Å². The molecule has 0 rings (SSSR count). The third-order valence-corrected chi connectivity index (χ3v) is 8.18. The summed E-state index contributed by atoms with van der Waals surface area (Å²) in [6, 6.07) is 0. The molecule has 6 heteroatoms. The van der Waals surface area contributed by atoms with Crippen LogP contribution in [0.4, 0.5) is 0 Å². The fraction of sp³-hybridized carbons (Fsp3) is 0.634. The van der Waals surface area contributed by atoms with E-state index in [9.17, 15) is 24.6 Å². The lowest BCUT2D eigenvalue weighted by Crippen LogP contribution is -2.35. The van der Waals surface area contributed by atoms with Crippen molar-refractivity contribution in [2.75, 3.05) is 6.61 Å². The number of Topliss-reactive ketones (excluding diaryl/α,β-unsaturated/α-hetero) is 2. The van der Waals surface area contributed by atoms with Crippen LogP contribution in [0, 0.1) is 5.92 Å². The molecule has 0 bridgehead atoms. The molecule has 0 fully saturated rings. The summed E-state index contributed by atoms with van der Waals surface area (Å²) in [4.78, 5) is 37.5. The highest BCUT2D eigenvalue weighted by atomic mass is 16.4. The van der Waals surface area contributed by atoms with Gasteiger partial charge in [-0.15, -0.1) is 0 Å². The number of aliphatic hydroxyl groups excluding tert-OH is 3. The second-order valence-corrected chi connectivity index (χ2v) is 12.4. The first-order valence-electron chi connectivity index (χ1n) is 18.4. The van der Waals surface area contributed by atoms with Crippen LogP contribution in [-0.2, 0) is 14.4 Å². The maximum atomic E-state index is 13.0. The second-order valence-electron chi connectivity index (χ2n) is 12.4. The van der Waals surface area contributed by atoms with E-state index in [1.165, 1.54) is 57.4 Å². The Labute approximate surface area is 286 Å². The summed E-state index contributed by atoms with van der Waals surface area (Å²) < 4.78 is 0. The molecule has 0 spiro atoms. The van der Waals surface area contributed by atoms with Gasteiger partial charge in [-0.25, -0.2) is 0 Å². The zero-order chi connectivity index (χ0) is 34.8. The fourth-order valence-corrected chi connectivity index (χ4v) is 5.20. The number of carbonyl (C=O) groups is 3. The molecule has 3 N–H and O–H groups in total. The van der Waals surface area contributed by atoms with Gasteiger partial charge in [-0.2, -0.15) is 0 Å². The molecule has 0 aliphatic rings. The molecule has 0 aromatic rings. The van der Waals surface area contributed by atoms with E-state index in [2.05, 4.69) is 26.0 Å². The number of hydrogen-bond donors (Lipinski definition) is 3. The number of aliphatic hydroxyl groups is 3. The summed E-state index contributed by atoms with van der Waals surface area (Å²) in [7, 11) is 0. The summed E-state index contributed by atoms with van der Waals surface area (Å²) in [5.74, 6) is -0.636. The smallest absolute Gasteiger partial charge is 0.186 e. The van der Waals surface area contributed by atoms with E-state index in [-0.39, 0.29) is 17.5 Å². The number of unbranched alkanes of at least 4 members (excludes halogenated alkanes) is 14. The molecule has 0 aliphatic carbocycles. The summed E-state index contributed by atoms with van der Waals surface area (Å²) in [6.07, 6.45) is 39.5. The monoisotopic (exact) mass is 654 g/mol. The van der Waals surface area contributed by atoms with E-state index in [0.29, 0.717) is 12.8 Å². The van der Waals surface area contributed by atoms with E-state index < -0.39 is 24.6 Å². The van der Waals surface area contributed by atoms with Crippen molar-refractivity contribution >= 4 is 17.3 Å². The van der Waals surface area contributed by atoms with Crippen LogP contribution in [0.25, 0.3) is 0 Å². The third kappa shape index (κ3) is 27.0. The van der Waals surface area contributed by atoms with Crippen molar-refractivity contribution in [2.24, 2.45) is 5.92 Å². The molecule has 47 heavy (non-hydrogen) atoms. The minimum Gasteiger partial charge on any atom is -0.394 e. The van der Waals surface area contributed by atoms with Gasteiger partial charge in [-0.3, -0.25) is 14.4 Å². The zero-order valence-electron chi connectivity index (χ0n) is 29.6. The average molecular weight is 655 g/mol. The summed E-state index contributed by atoms with van der Waals surface area (Å²) in [6.45, 7) is 3.72. The molecule has 2 unspecified atom stereocenters. The first-order valence-corrected chi connectivity index (χ1v) is 18.4. The van der Waals surface area contributed by atoms with Crippen molar-refractivity contribution < 1.29 is 29.7 Å². The molecule has 0 saturated heterocycles. The van der Waals surface area contributed by atoms with Crippen LogP contribution < -0.4 is 0 Å². The number of rotatable bonds is 32. The molecule has 0 heterocycles. The average Bonchev–Trinajstić information content (AvgIpc) is 3.07. The molecular weight excluding hydrogens is 588 g/mol. The molecule has 0 aliphatic heterocycles. The van der Waals surface area contributed by atoms with E-state index >= 15 is 0 Å². The van der Waals surface area contributed by atoms with Crippen molar-refractivity contribution in [1.29, 1.82) is 0 Å². The summed E-state index contributed by atoms with van der Waals surface area (Å²) in [5, 5.41) is 27.4. The third-order valence-electron chi connectivity index (χ3n) is 8.18. The highest BCUT2D eigenvalue weighted by Gasteiger charge is 2.25. The zero-order valence-corrected chi connectivity index (χ0v) is 29.6. The summed E-state index contributed by atoms with van der Waals surface area (Å²) >= 11 is 0. The Kier molecular flexibility index (Phi) is 31.4. The van der Waals surface area contributed by atoms with Gasteiger partial charge in [0.1, 0.15) is 23.8 Å². The highest BCUT2D eigenvalue weighted by Crippen LogP contribution is 2.20. The normalized spacial score (nSPS) is 13.9. The molecule has 0 amide bonds. The number of carbonyl (C=O) groups excluding carboxylic acids is 3. The Morgan fingerprint density at radius 3 is 1.47 bits per heavy atom. The molecule has 0 aromatic carbocycles. The highest BCUT2D eigenvalue weighted by molar-refractivity contribution is 6.02. The van der Waals surface area contributed by atoms with Gasteiger partial charge in [0.05, 0.1) is 12.5 Å². The Balaban J connectivity index is 4.17. The maximum Gasteiger partial charge on any atom is 0.186 e. The van der Waals surface area contributed by atoms with Gasteiger partial charge < -0.3 is 15.3 Å². The van der Waals surface area contributed by atoms with Gasteiger partial charge >= 0.3 is 0 Å². The number of hydrogen-bond acceptors (Lipinski definition) is 6. The minimum absolute atomic E-state index is 0.196.